The van der Waals surface area contributed by atoms with E-state index in [0.29, 0.717) is 17.4 Å². The normalized spacial score (nSPS) is 17.2. The second-order valence-electron chi connectivity index (χ2n) is 5.78. The molecule has 3 rings (SSSR count). The predicted octanol–water partition coefficient (Wildman–Crippen LogP) is 3.77. The topological polar surface area (TPSA) is 92.7 Å². The molecular formula is C16H14ClF3N4O3S. The van der Waals surface area contributed by atoms with Gasteiger partial charge in [0.25, 0.3) is 0 Å². The summed E-state index contributed by atoms with van der Waals surface area (Å²) in [5.41, 5.74) is -0.0701. The van der Waals surface area contributed by atoms with Gasteiger partial charge >= 0.3 is 6.18 Å². The zero-order chi connectivity index (χ0) is 20.5. The Balaban J connectivity index is 1.95. The van der Waals surface area contributed by atoms with Crippen molar-refractivity contribution in [3.05, 3.63) is 47.7 Å². The summed E-state index contributed by atoms with van der Waals surface area (Å²) in [7, 11) is -2.44. The van der Waals surface area contributed by atoms with Crippen LogP contribution in [0.1, 0.15) is 23.7 Å². The molecule has 1 aliphatic heterocycles. The van der Waals surface area contributed by atoms with Gasteiger partial charge in [-0.15, -0.1) is 0 Å². The van der Waals surface area contributed by atoms with Crippen LogP contribution >= 0.6 is 11.6 Å². The van der Waals surface area contributed by atoms with Crippen molar-refractivity contribution in [1.29, 1.82) is 0 Å². The number of oxime groups is 1. The molecule has 150 valence electrons. The number of nitrogens with zero attached hydrogens (tertiary/aromatic N) is 2. The van der Waals surface area contributed by atoms with Gasteiger partial charge in [-0.05, 0) is 37.4 Å². The number of aromatic nitrogens is 1. The van der Waals surface area contributed by atoms with E-state index in [4.69, 9.17) is 16.4 Å². The third-order valence-electron chi connectivity index (χ3n) is 3.94. The summed E-state index contributed by atoms with van der Waals surface area (Å²) in [6, 6.07) is 6.26. The average molecular weight is 435 g/mol. The molecule has 1 aliphatic rings. The quantitative estimate of drug-likeness (QED) is 0.747. The number of anilines is 2. The monoisotopic (exact) mass is 434 g/mol. The first-order chi connectivity index (χ1) is 13.1. The van der Waals surface area contributed by atoms with E-state index in [2.05, 4.69) is 20.2 Å². The summed E-state index contributed by atoms with van der Waals surface area (Å²) in [5.74, 6) is 0.142. The van der Waals surface area contributed by atoms with E-state index in [9.17, 15) is 21.6 Å². The molecule has 1 atom stereocenters. The van der Waals surface area contributed by atoms with Gasteiger partial charge in [0.15, 0.2) is 6.10 Å². The molecule has 0 unspecified atom stereocenters. The van der Waals surface area contributed by atoms with E-state index in [0.717, 1.165) is 6.07 Å². The Kier molecular flexibility index (Phi) is 5.50. The van der Waals surface area contributed by atoms with Crippen LogP contribution in [0.15, 0.2) is 46.6 Å². The molecule has 0 aliphatic carbocycles. The van der Waals surface area contributed by atoms with Gasteiger partial charge in [0.2, 0.25) is 10.0 Å². The smallest absolute Gasteiger partial charge is 0.386 e. The maximum Gasteiger partial charge on any atom is 0.417 e. The van der Waals surface area contributed by atoms with Crippen LogP contribution in [0.3, 0.4) is 0 Å². The second-order valence-corrected chi connectivity index (χ2v) is 8.10. The van der Waals surface area contributed by atoms with Crippen LogP contribution in [0, 0.1) is 0 Å². The minimum atomic E-state index is -4.49. The number of nitrogens with one attached hydrogen (secondary N) is 2. The van der Waals surface area contributed by atoms with Gasteiger partial charge in [0, 0.05) is 23.9 Å². The fourth-order valence-corrected chi connectivity index (χ4v) is 3.44. The molecule has 0 bridgehead atoms. The lowest BCUT2D eigenvalue weighted by molar-refractivity contribution is -0.137. The molecule has 0 saturated carbocycles. The standard InChI is InChI=1S/C16H14ClF3N4O3S/c1-21-28(25,26)10-3-4-12(11(6-10)13-7-14(17)24-27-13)23-15-5-2-9(8-22-15)16(18,19)20/h2-6,8,13,21H,7H2,1H3,(H,22,23)/t13-/m0/s1. The molecule has 1 aromatic heterocycles. The molecule has 2 aromatic rings. The van der Waals surface area contributed by atoms with Crippen LogP contribution in [0.2, 0.25) is 0 Å². The van der Waals surface area contributed by atoms with Crippen molar-refractivity contribution >= 4 is 38.3 Å². The highest BCUT2D eigenvalue weighted by molar-refractivity contribution is 7.89. The number of hydrogen-bond acceptors (Lipinski definition) is 6. The first-order valence-electron chi connectivity index (χ1n) is 7.86. The Morgan fingerprint density at radius 1 is 1.25 bits per heavy atom. The summed E-state index contributed by atoms with van der Waals surface area (Å²) in [5, 5.41) is 6.73. The predicted molar refractivity (Wildman–Crippen MR) is 96.9 cm³/mol. The van der Waals surface area contributed by atoms with E-state index in [1.807, 2.05) is 0 Å². The third-order valence-corrected chi connectivity index (χ3v) is 5.57. The number of pyridine rings is 1. The van der Waals surface area contributed by atoms with Gasteiger partial charge in [0.1, 0.15) is 11.0 Å². The first kappa shape index (κ1) is 20.4. The highest BCUT2D eigenvalue weighted by Crippen LogP contribution is 2.36. The second kappa shape index (κ2) is 7.57. The van der Waals surface area contributed by atoms with Crippen molar-refractivity contribution in [2.24, 2.45) is 5.16 Å². The Morgan fingerprint density at radius 3 is 2.54 bits per heavy atom. The maximum atomic E-state index is 12.7. The third kappa shape index (κ3) is 4.37. The highest BCUT2D eigenvalue weighted by Gasteiger charge is 2.31. The summed E-state index contributed by atoms with van der Waals surface area (Å²) in [4.78, 5) is 8.97. The lowest BCUT2D eigenvalue weighted by Gasteiger charge is -2.17. The minimum Gasteiger partial charge on any atom is -0.386 e. The van der Waals surface area contributed by atoms with Crippen molar-refractivity contribution in [3.8, 4) is 0 Å². The van der Waals surface area contributed by atoms with Gasteiger partial charge in [0.05, 0.1) is 10.5 Å². The van der Waals surface area contributed by atoms with Gasteiger partial charge in [-0.25, -0.2) is 18.1 Å². The van der Waals surface area contributed by atoms with Crippen LogP contribution in [0.4, 0.5) is 24.7 Å². The fraction of sp³-hybridized carbons (Fsp3) is 0.250. The number of hydrogen-bond donors (Lipinski definition) is 2. The van der Waals surface area contributed by atoms with Crippen molar-refractivity contribution in [2.75, 3.05) is 12.4 Å². The molecule has 12 heteroatoms. The molecule has 0 amide bonds. The summed E-state index contributed by atoms with van der Waals surface area (Å²) < 4.78 is 64.4. The number of alkyl halides is 3. The van der Waals surface area contributed by atoms with Crippen molar-refractivity contribution in [1.82, 2.24) is 9.71 Å². The van der Waals surface area contributed by atoms with Crippen molar-refractivity contribution in [2.45, 2.75) is 23.6 Å². The number of halogens is 4. The molecule has 28 heavy (non-hydrogen) atoms. The van der Waals surface area contributed by atoms with E-state index in [-0.39, 0.29) is 22.3 Å². The maximum absolute atomic E-state index is 12.7. The molecule has 2 heterocycles. The summed E-state index contributed by atoms with van der Waals surface area (Å²) in [6.07, 6.45) is -4.23. The Labute approximate surface area is 163 Å². The van der Waals surface area contributed by atoms with Crippen LogP contribution in [0.25, 0.3) is 0 Å². The SMILES string of the molecule is CNS(=O)(=O)c1ccc(Nc2ccc(C(F)(F)F)cn2)c([C@@H]2CC(Cl)=NO2)c1. The van der Waals surface area contributed by atoms with Gasteiger partial charge in [-0.1, -0.05) is 16.8 Å². The van der Waals surface area contributed by atoms with E-state index < -0.39 is 27.9 Å². The fourth-order valence-electron chi connectivity index (χ4n) is 2.49. The molecular weight excluding hydrogens is 421 g/mol. The van der Waals surface area contributed by atoms with E-state index in [1.54, 1.807) is 0 Å². The van der Waals surface area contributed by atoms with Crippen molar-refractivity contribution < 1.29 is 26.4 Å². The van der Waals surface area contributed by atoms with E-state index in [1.165, 1.54) is 31.3 Å². The lowest BCUT2D eigenvalue weighted by Crippen LogP contribution is -2.19. The summed E-state index contributed by atoms with van der Waals surface area (Å²) in [6.45, 7) is 0. The Bertz CT molecular complexity index is 1010. The molecule has 1 aromatic carbocycles. The number of sulfonamides is 1. The zero-order valence-electron chi connectivity index (χ0n) is 14.3. The van der Waals surface area contributed by atoms with Crippen LogP contribution < -0.4 is 10.0 Å². The largest absolute Gasteiger partial charge is 0.417 e. The molecule has 0 fully saturated rings. The molecule has 0 saturated heterocycles. The van der Waals surface area contributed by atoms with Crippen LogP contribution in [-0.4, -0.2) is 25.6 Å². The molecule has 2 N–H and O–H groups in total. The Hall–Kier alpha value is -2.37. The molecule has 0 spiro atoms. The zero-order valence-corrected chi connectivity index (χ0v) is 15.9. The first-order valence-corrected chi connectivity index (χ1v) is 9.72. The number of rotatable bonds is 5. The highest BCUT2D eigenvalue weighted by atomic mass is 35.5. The molecule has 0 radical (unpaired) electrons. The molecule has 7 nitrogen and oxygen atoms in total. The van der Waals surface area contributed by atoms with E-state index >= 15 is 0 Å². The minimum absolute atomic E-state index is 0.0115. The van der Waals surface area contributed by atoms with Crippen molar-refractivity contribution in [3.63, 3.8) is 0 Å². The van der Waals surface area contributed by atoms with Gasteiger partial charge in [-0.3, -0.25) is 0 Å². The average Bonchev–Trinajstić information content (AvgIpc) is 3.08. The number of benzene rings is 1. The summed E-state index contributed by atoms with van der Waals surface area (Å²) >= 11 is 5.84. The van der Waals surface area contributed by atoms with Gasteiger partial charge < -0.3 is 10.2 Å². The lowest BCUT2D eigenvalue weighted by atomic mass is 10.0. The Morgan fingerprint density at radius 2 is 2.00 bits per heavy atom. The van der Waals surface area contributed by atoms with Crippen LogP contribution in [0.5, 0.6) is 0 Å². The van der Waals surface area contributed by atoms with Gasteiger partial charge in [-0.2, -0.15) is 13.2 Å². The van der Waals surface area contributed by atoms with Crippen LogP contribution in [-0.2, 0) is 21.0 Å².